The highest BCUT2D eigenvalue weighted by molar-refractivity contribution is 6.45. The third-order valence-electron chi connectivity index (χ3n) is 3.97. The van der Waals surface area contributed by atoms with Gasteiger partial charge in [-0.15, -0.1) is 12.4 Å². The molecule has 21 heavy (non-hydrogen) atoms. The van der Waals surface area contributed by atoms with Crippen LogP contribution in [0.1, 0.15) is 24.2 Å². The lowest BCUT2D eigenvalue weighted by molar-refractivity contribution is -0.132. The van der Waals surface area contributed by atoms with E-state index in [-0.39, 0.29) is 30.9 Å². The van der Waals surface area contributed by atoms with E-state index in [0.29, 0.717) is 16.6 Å². The zero-order valence-corrected chi connectivity index (χ0v) is 13.8. The number of fused-ring (bicyclic) bond motifs is 3. The summed E-state index contributed by atoms with van der Waals surface area (Å²) >= 11 is 12.3. The minimum absolute atomic E-state index is 0. The molecule has 0 saturated carbocycles. The number of aromatic amines is 1. The summed E-state index contributed by atoms with van der Waals surface area (Å²) in [6.45, 7) is 2.72. The number of amides is 1. The third kappa shape index (κ3) is 2.50. The van der Waals surface area contributed by atoms with E-state index in [1.165, 1.54) is 0 Å². The smallest absolute Gasteiger partial charge is 0.236 e. The Balaban J connectivity index is 0.00000161. The summed E-state index contributed by atoms with van der Waals surface area (Å²) in [4.78, 5) is 17.1. The first-order valence-corrected chi connectivity index (χ1v) is 7.28. The number of carbonyl (C=O) groups excluding carboxylic acids is 1. The number of H-pyrrole nitrogens is 1. The van der Waals surface area contributed by atoms with Gasteiger partial charge in [0.2, 0.25) is 5.91 Å². The molecular weight excluding hydrogens is 333 g/mol. The number of hydrogen-bond acceptors (Lipinski definition) is 2. The van der Waals surface area contributed by atoms with Gasteiger partial charge in [0.05, 0.1) is 28.1 Å². The molecule has 3 rings (SSSR count). The zero-order chi connectivity index (χ0) is 14.4. The van der Waals surface area contributed by atoms with Gasteiger partial charge in [-0.2, -0.15) is 0 Å². The van der Waals surface area contributed by atoms with Gasteiger partial charge in [-0.05, 0) is 13.0 Å². The van der Waals surface area contributed by atoms with Crippen LogP contribution in [0.2, 0.25) is 10.0 Å². The van der Waals surface area contributed by atoms with Crippen molar-refractivity contribution in [3.63, 3.8) is 0 Å². The van der Waals surface area contributed by atoms with E-state index < -0.39 is 0 Å². The van der Waals surface area contributed by atoms with E-state index in [1.807, 2.05) is 17.9 Å². The summed E-state index contributed by atoms with van der Waals surface area (Å²) in [5.74, 6) is -0.0300. The van der Waals surface area contributed by atoms with Crippen LogP contribution in [0.3, 0.4) is 0 Å². The highest BCUT2D eigenvalue weighted by Gasteiger charge is 2.30. The lowest BCUT2D eigenvalue weighted by atomic mass is 9.97. The first-order valence-electron chi connectivity index (χ1n) is 6.52. The summed E-state index contributed by atoms with van der Waals surface area (Å²) < 4.78 is 0. The Morgan fingerprint density at radius 1 is 1.48 bits per heavy atom. The first-order chi connectivity index (χ1) is 9.54. The van der Waals surface area contributed by atoms with Gasteiger partial charge in [0.25, 0.3) is 0 Å². The maximum atomic E-state index is 11.9. The van der Waals surface area contributed by atoms with Gasteiger partial charge in [-0.1, -0.05) is 29.3 Å². The van der Waals surface area contributed by atoms with Crippen molar-refractivity contribution >= 4 is 52.4 Å². The van der Waals surface area contributed by atoms with Gasteiger partial charge in [0.15, 0.2) is 0 Å². The number of carbonyl (C=O) groups is 1. The number of hydrogen-bond donors (Lipinski definition) is 2. The fraction of sp³-hybridized carbons (Fsp3) is 0.357. The molecule has 0 spiro atoms. The second-order valence-electron chi connectivity index (χ2n) is 5.02. The molecule has 7 heteroatoms. The summed E-state index contributed by atoms with van der Waals surface area (Å²) in [5.41, 5.74) is 8.56. The fourth-order valence-corrected chi connectivity index (χ4v) is 3.36. The van der Waals surface area contributed by atoms with Gasteiger partial charge in [0, 0.05) is 29.6 Å². The topological polar surface area (TPSA) is 62.1 Å². The molecule has 0 bridgehead atoms. The molecular formula is C14H16Cl3N3O. The highest BCUT2D eigenvalue weighted by atomic mass is 35.5. The highest BCUT2D eigenvalue weighted by Crippen LogP contribution is 2.39. The van der Waals surface area contributed by atoms with Crippen LogP contribution >= 0.6 is 35.6 Å². The second-order valence-corrected chi connectivity index (χ2v) is 5.80. The Hall–Kier alpha value is -0.940. The standard InChI is InChI=1S/C14H15Cl2N3O.ClH/c1-7-12-8-2-3-9(15)13(16)14(8)18-10(12)4-5-19(7)11(20)6-17;/h2-3,7,18H,4-6,17H2,1H3;1H/t7-;/m1./s1. The number of rotatable bonds is 1. The Morgan fingerprint density at radius 2 is 2.19 bits per heavy atom. The number of nitrogens with zero attached hydrogens (tertiary/aromatic N) is 1. The summed E-state index contributed by atoms with van der Waals surface area (Å²) in [7, 11) is 0. The molecule has 1 aliphatic heterocycles. The predicted octanol–water partition coefficient (Wildman–Crippen LogP) is 3.30. The number of benzene rings is 1. The van der Waals surface area contributed by atoms with Crippen LogP contribution in [0.25, 0.3) is 10.9 Å². The Labute approximate surface area is 139 Å². The van der Waals surface area contributed by atoms with Gasteiger partial charge in [-0.3, -0.25) is 4.79 Å². The average Bonchev–Trinajstić information content (AvgIpc) is 2.83. The lowest BCUT2D eigenvalue weighted by Crippen LogP contribution is -2.41. The summed E-state index contributed by atoms with van der Waals surface area (Å²) in [6.07, 6.45) is 0.772. The molecule has 0 saturated heterocycles. The Kier molecular flexibility index (Phi) is 4.73. The number of aromatic nitrogens is 1. The SMILES string of the molecule is C[C@@H]1c2c([nH]c3c(Cl)c(Cl)ccc23)CCN1C(=O)CN.Cl. The summed E-state index contributed by atoms with van der Waals surface area (Å²) in [6, 6.07) is 3.73. The van der Waals surface area contributed by atoms with Crippen molar-refractivity contribution in [1.82, 2.24) is 9.88 Å². The molecule has 0 unspecified atom stereocenters. The van der Waals surface area contributed by atoms with Crippen molar-refractivity contribution in [3.8, 4) is 0 Å². The molecule has 1 aromatic carbocycles. The minimum Gasteiger partial charge on any atom is -0.357 e. The number of halogens is 3. The molecule has 2 heterocycles. The zero-order valence-electron chi connectivity index (χ0n) is 11.5. The third-order valence-corrected chi connectivity index (χ3v) is 4.77. The van der Waals surface area contributed by atoms with Crippen molar-refractivity contribution in [3.05, 3.63) is 33.4 Å². The van der Waals surface area contributed by atoms with E-state index >= 15 is 0 Å². The van der Waals surface area contributed by atoms with Crippen LogP contribution in [0.5, 0.6) is 0 Å². The molecule has 1 aromatic heterocycles. The Morgan fingerprint density at radius 3 is 2.86 bits per heavy atom. The van der Waals surface area contributed by atoms with Gasteiger partial charge < -0.3 is 15.6 Å². The molecule has 1 aliphatic rings. The lowest BCUT2D eigenvalue weighted by Gasteiger charge is -2.33. The van der Waals surface area contributed by atoms with Crippen LogP contribution < -0.4 is 5.73 Å². The van der Waals surface area contributed by atoms with Crippen molar-refractivity contribution in [2.75, 3.05) is 13.1 Å². The number of nitrogens with two attached hydrogens (primary N) is 1. The van der Waals surface area contributed by atoms with Gasteiger partial charge in [-0.25, -0.2) is 0 Å². The minimum atomic E-state index is -0.0300. The van der Waals surface area contributed by atoms with Crippen LogP contribution in [0, 0.1) is 0 Å². The van der Waals surface area contributed by atoms with E-state index in [1.54, 1.807) is 6.07 Å². The molecule has 0 fully saturated rings. The molecule has 0 aliphatic carbocycles. The van der Waals surface area contributed by atoms with E-state index in [9.17, 15) is 4.79 Å². The second kappa shape index (κ2) is 6.05. The fourth-order valence-electron chi connectivity index (χ4n) is 2.99. The number of nitrogens with one attached hydrogen (secondary N) is 1. The van der Waals surface area contributed by atoms with Crippen molar-refractivity contribution in [1.29, 1.82) is 0 Å². The molecule has 0 radical (unpaired) electrons. The first kappa shape index (κ1) is 16.4. The van der Waals surface area contributed by atoms with Crippen LogP contribution in [-0.2, 0) is 11.2 Å². The van der Waals surface area contributed by atoms with Crippen molar-refractivity contribution in [2.45, 2.75) is 19.4 Å². The van der Waals surface area contributed by atoms with Crippen LogP contribution in [0.15, 0.2) is 12.1 Å². The van der Waals surface area contributed by atoms with Crippen LogP contribution in [-0.4, -0.2) is 28.9 Å². The van der Waals surface area contributed by atoms with Crippen molar-refractivity contribution in [2.24, 2.45) is 5.73 Å². The maximum absolute atomic E-state index is 11.9. The Bertz CT molecular complexity index is 698. The normalized spacial score (nSPS) is 17.5. The molecule has 114 valence electrons. The molecule has 1 atom stereocenters. The van der Waals surface area contributed by atoms with Gasteiger partial charge >= 0.3 is 0 Å². The maximum Gasteiger partial charge on any atom is 0.236 e. The largest absolute Gasteiger partial charge is 0.357 e. The van der Waals surface area contributed by atoms with E-state index in [2.05, 4.69) is 4.98 Å². The summed E-state index contributed by atoms with van der Waals surface area (Å²) in [5, 5.41) is 2.08. The van der Waals surface area contributed by atoms with Crippen molar-refractivity contribution < 1.29 is 4.79 Å². The molecule has 3 N–H and O–H groups in total. The molecule has 1 amide bonds. The molecule has 4 nitrogen and oxygen atoms in total. The van der Waals surface area contributed by atoms with E-state index in [0.717, 1.165) is 28.6 Å². The quantitative estimate of drug-likeness (QED) is 0.830. The monoisotopic (exact) mass is 347 g/mol. The van der Waals surface area contributed by atoms with E-state index in [4.69, 9.17) is 28.9 Å². The average molecular weight is 349 g/mol. The van der Waals surface area contributed by atoms with Crippen LogP contribution in [0.4, 0.5) is 0 Å². The predicted molar refractivity (Wildman–Crippen MR) is 88.5 cm³/mol. The molecule has 2 aromatic rings. The van der Waals surface area contributed by atoms with Gasteiger partial charge in [0.1, 0.15) is 0 Å².